The zero-order chi connectivity index (χ0) is 26.5. The fourth-order valence-electron chi connectivity index (χ4n) is 6.95. The van der Waals surface area contributed by atoms with Crippen LogP contribution in [0.5, 0.6) is 0 Å². The van der Waals surface area contributed by atoms with E-state index in [2.05, 4.69) is 0 Å². The number of rotatable bonds is 5. The second kappa shape index (κ2) is 9.10. The standard InChI is InChI=1S/C31H36O6/c1-28(2)23-19-25(35-26(32)16-15-21-11-7-5-8-12-21)30(4)24(36-27(33)22-13-9-6-10-14-22)17-18-29(3,34)31(30,20-23)37-28/h5-16,23-25,34H,17-20H2,1-4H3/b16-15+/t23-,24+,25+,29+,30+,31+/m1/s1. The Morgan fingerprint density at radius 2 is 1.59 bits per heavy atom. The molecule has 0 unspecified atom stereocenters. The Hall–Kier alpha value is -2.96. The van der Waals surface area contributed by atoms with Crippen molar-refractivity contribution in [1.29, 1.82) is 0 Å². The van der Waals surface area contributed by atoms with Gasteiger partial charge in [-0.2, -0.15) is 0 Å². The lowest BCUT2D eigenvalue weighted by atomic mass is 9.49. The average Bonchev–Trinajstić information content (AvgIpc) is 3.12. The fraction of sp³-hybridized carbons (Fsp3) is 0.484. The summed E-state index contributed by atoms with van der Waals surface area (Å²) in [5.74, 6) is -0.828. The van der Waals surface area contributed by atoms with Gasteiger partial charge in [0.2, 0.25) is 0 Å². The van der Waals surface area contributed by atoms with Gasteiger partial charge in [-0.1, -0.05) is 48.5 Å². The number of hydrogen-bond donors (Lipinski definition) is 1. The van der Waals surface area contributed by atoms with Gasteiger partial charge < -0.3 is 19.3 Å². The molecule has 1 N–H and O–H groups in total. The van der Waals surface area contributed by atoms with Gasteiger partial charge in [-0.15, -0.1) is 0 Å². The molecular weight excluding hydrogens is 468 g/mol. The van der Waals surface area contributed by atoms with E-state index < -0.39 is 46.4 Å². The first-order valence-electron chi connectivity index (χ1n) is 13.1. The van der Waals surface area contributed by atoms with E-state index >= 15 is 0 Å². The minimum absolute atomic E-state index is 0.0755. The van der Waals surface area contributed by atoms with Crippen LogP contribution in [-0.2, 0) is 19.0 Å². The maximum Gasteiger partial charge on any atom is 0.338 e. The van der Waals surface area contributed by atoms with Crippen molar-refractivity contribution in [3.8, 4) is 0 Å². The molecule has 6 atom stereocenters. The monoisotopic (exact) mass is 504 g/mol. The van der Waals surface area contributed by atoms with Crippen LogP contribution < -0.4 is 0 Å². The first-order chi connectivity index (χ1) is 17.5. The number of carbonyl (C=O) groups is 2. The quantitative estimate of drug-likeness (QED) is 0.437. The van der Waals surface area contributed by atoms with Gasteiger partial charge in [0, 0.05) is 6.08 Å². The van der Waals surface area contributed by atoms with Gasteiger partial charge in [-0.25, -0.2) is 9.59 Å². The maximum atomic E-state index is 13.2. The van der Waals surface area contributed by atoms with Gasteiger partial charge in [-0.3, -0.25) is 0 Å². The summed E-state index contributed by atoms with van der Waals surface area (Å²) in [6.07, 6.45) is 3.95. The van der Waals surface area contributed by atoms with Crippen LogP contribution in [0.2, 0.25) is 0 Å². The molecule has 196 valence electrons. The second-order valence-electron chi connectivity index (χ2n) is 11.7. The van der Waals surface area contributed by atoms with Crippen molar-refractivity contribution in [2.45, 2.75) is 82.4 Å². The Balaban J connectivity index is 1.50. The lowest BCUT2D eigenvalue weighted by Crippen LogP contribution is -2.74. The highest BCUT2D eigenvalue weighted by Gasteiger charge is 2.77. The molecule has 2 aromatic rings. The molecule has 1 heterocycles. The molecule has 1 spiro atoms. The van der Waals surface area contributed by atoms with Crippen molar-refractivity contribution in [2.24, 2.45) is 11.3 Å². The van der Waals surface area contributed by atoms with Crippen molar-refractivity contribution in [1.82, 2.24) is 0 Å². The molecule has 1 aliphatic heterocycles. The molecule has 1 saturated heterocycles. The highest BCUT2D eigenvalue weighted by molar-refractivity contribution is 5.89. The number of esters is 2. The van der Waals surface area contributed by atoms with Crippen molar-refractivity contribution in [3.63, 3.8) is 0 Å². The van der Waals surface area contributed by atoms with Crippen molar-refractivity contribution in [3.05, 3.63) is 77.9 Å². The highest BCUT2D eigenvalue weighted by atomic mass is 16.6. The predicted molar refractivity (Wildman–Crippen MR) is 140 cm³/mol. The van der Waals surface area contributed by atoms with Crippen LogP contribution in [0.25, 0.3) is 6.08 Å². The fourth-order valence-corrected chi connectivity index (χ4v) is 6.95. The molecule has 37 heavy (non-hydrogen) atoms. The molecule has 3 fully saturated rings. The number of fused-ring (bicyclic) bond motifs is 1. The Morgan fingerprint density at radius 1 is 0.946 bits per heavy atom. The van der Waals surface area contributed by atoms with Crippen LogP contribution in [0.1, 0.15) is 69.3 Å². The van der Waals surface area contributed by atoms with Crippen LogP contribution in [0.3, 0.4) is 0 Å². The largest absolute Gasteiger partial charge is 0.458 e. The van der Waals surface area contributed by atoms with E-state index in [4.69, 9.17) is 14.2 Å². The van der Waals surface area contributed by atoms with Crippen LogP contribution in [0.15, 0.2) is 66.7 Å². The zero-order valence-corrected chi connectivity index (χ0v) is 22.0. The first-order valence-corrected chi connectivity index (χ1v) is 13.1. The third kappa shape index (κ3) is 4.20. The van der Waals surface area contributed by atoms with E-state index in [1.807, 2.05) is 57.2 Å². The predicted octanol–water partition coefficient (Wildman–Crippen LogP) is 5.35. The molecule has 0 amide bonds. The van der Waals surface area contributed by atoms with E-state index in [0.29, 0.717) is 31.2 Å². The lowest BCUT2D eigenvalue weighted by molar-refractivity contribution is -0.304. The Kier molecular flexibility index (Phi) is 6.32. The van der Waals surface area contributed by atoms with Gasteiger partial charge in [0.1, 0.15) is 17.8 Å². The normalized spacial score (nSPS) is 36.1. The summed E-state index contributed by atoms with van der Waals surface area (Å²) in [6.45, 7) is 7.82. The Morgan fingerprint density at radius 3 is 2.27 bits per heavy atom. The van der Waals surface area contributed by atoms with Crippen LogP contribution in [0.4, 0.5) is 0 Å². The zero-order valence-electron chi connectivity index (χ0n) is 22.0. The third-order valence-corrected chi connectivity index (χ3v) is 9.15. The van der Waals surface area contributed by atoms with Gasteiger partial charge in [0.05, 0.1) is 22.2 Å². The Bertz CT molecular complexity index is 1190. The lowest BCUT2D eigenvalue weighted by Gasteiger charge is -2.62. The molecule has 2 aliphatic carbocycles. The van der Waals surface area contributed by atoms with Crippen molar-refractivity contribution < 1.29 is 28.9 Å². The highest BCUT2D eigenvalue weighted by Crippen LogP contribution is 2.67. The molecule has 5 rings (SSSR count). The molecule has 6 nitrogen and oxygen atoms in total. The number of hydrogen-bond acceptors (Lipinski definition) is 6. The number of benzene rings is 2. The molecule has 2 bridgehead atoms. The molecular formula is C31H36O6. The van der Waals surface area contributed by atoms with Crippen molar-refractivity contribution >= 4 is 18.0 Å². The molecule has 2 saturated carbocycles. The van der Waals surface area contributed by atoms with E-state index in [0.717, 1.165) is 5.56 Å². The maximum absolute atomic E-state index is 13.2. The smallest absolute Gasteiger partial charge is 0.338 e. The third-order valence-electron chi connectivity index (χ3n) is 9.15. The minimum Gasteiger partial charge on any atom is -0.458 e. The van der Waals surface area contributed by atoms with Crippen LogP contribution in [-0.4, -0.2) is 46.1 Å². The summed E-state index contributed by atoms with van der Waals surface area (Å²) in [7, 11) is 0. The van der Waals surface area contributed by atoms with Crippen molar-refractivity contribution in [2.75, 3.05) is 0 Å². The minimum atomic E-state index is -1.19. The summed E-state index contributed by atoms with van der Waals surface area (Å²) >= 11 is 0. The number of ether oxygens (including phenoxy) is 3. The summed E-state index contributed by atoms with van der Waals surface area (Å²) in [4.78, 5) is 26.3. The topological polar surface area (TPSA) is 82.1 Å². The van der Waals surface area contributed by atoms with Crippen LogP contribution in [0, 0.1) is 11.3 Å². The molecule has 6 heteroatoms. The summed E-state index contributed by atoms with van der Waals surface area (Å²) in [5, 5.41) is 11.8. The number of aliphatic hydroxyl groups is 1. The SMILES string of the molecule is CC1(C)O[C@]23C[C@H]1C[C@H](OC(=O)/C=C/c1ccccc1)[C@]2(C)[C@@H](OC(=O)c1ccccc1)CC[C@]3(C)O. The molecule has 2 aromatic carbocycles. The van der Waals surface area contributed by atoms with Gasteiger partial charge in [0.25, 0.3) is 0 Å². The second-order valence-corrected chi connectivity index (χ2v) is 11.7. The van der Waals surface area contributed by atoms with E-state index in [9.17, 15) is 14.7 Å². The van der Waals surface area contributed by atoms with E-state index in [1.54, 1.807) is 37.3 Å². The molecule has 3 aliphatic rings. The molecule has 0 radical (unpaired) electrons. The Labute approximate surface area is 218 Å². The summed E-state index contributed by atoms with van der Waals surface area (Å²) < 4.78 is 19.1. The summed E-state index contributed by atoms with van der Waals surface area (Å²) in [5.41, 5.74) is -2.37. The molecule has 0 aromatic heterocycles. The first kappa shape index (κ1) is 25.7. The van der Waals surface area contributed by atoms with Crippen LogP contribution >= 0.6 is 0 Å². The van der Waals surface area contributed by atoms with E-state index in [1.165, 1.54) is 6.08 Å². The summed E-state index contributed by atoms with van der Waals surface area (Å²) in [6, 6.07) is 18.4. The van der Waals surface area contributed by atoms with Gasteiger partial charge in [-0.05, 0) is 83.1 Å². The van der Waals surface area contributed by atoms with Gasteiger partial charge in [0.15, 0.2) is 0 Å². The van der Waals surface area contributed by atoms with Gasteiger partial charge >= 0.3 is 11.9 Å². The van der Waals surface area contributed by atoms with E-state index in [-0.39, 0.29) is 5.92 Å². The average molecular weight is 505 g/mol. The number of carbonyl (C=O) groups excluding carboxylic acids is 2.